The van der Waals surface area contributed by atoms with Crippen molar-refractivity contribution < 1.29 is 22.4 Å². The van der Waals surface area contributed by atoms with Crippen LogP contribution in [0.4, 0.5) is 4.39 Å². The molecule has 1 aromatic rings. The van der Waals surface area contributed by atoms with Crippen LogP contribution in [-0.4, -0.2) is 55.8 Å². The molecule has 4 rings (SSSR count). The van der Waals surface area contributed by atoms with Crippen molar-refractivity contribution >= 4 is 21.7 Å². The van der Waals surface area contributed by atoms with E-state index in [1.165, 1.54) is 12.1 Å². The first-order valence-electron chi connectivity index (χ1n) is 10.3. The molecular formula is C21H27FN2O4S. The molecule has 3 aliphatic rings. The van der Waals surface area contributed by atoms with Gasteiger partial charge in [0.15, 0.2) is 9.84 Å². The van der Waals surface area contributed by atoms with E-state index in [2.05, 4.69) is 5.32 Å². The topological polar surface area (TPSA) is 83.6 Å². The molecule has 2 amide bonds. The number of hydrogen-bond acceptors (Lipinski definition) is 4. The second kappa shape index (κ2) is 7.70. The van der Waals surface area contributed by atoms with Gasteiger partial charge >= 0.3 is 0 Å². The molecule has 6 nitrogen and oxygen atoms in total. The number of sulfone groups is 1. The van der Waals surface area contributed by atoms with Crippen molar-refractivity contribution in [1.82, 2.24) is 10.2 Å². The first-order valence-corrected chi connectivity index (χ1v) is 12.1. The van der Waals surface area contributed by atoms with Gasteiger partial charge in [0, 0.05) is 31.0 Å². The van der Waals surface area contributed by atoms with Crippen LogP contribution in [0.1, 0.15) is 44.1 Å². The summed E-state index contributed by atoms with van der Waals surface area (Å²) in [6.07, 6.45) is 4.60. The van der Waals surface area contributed by atoms with Gasteiger partial charge < -0.3 is 10.2 Å². The average Bonchev–Trinajstić information content (AvgIpc) is 3.39. The summed E-state index contributed by atoms with van der Waals surface area (Å²) < 4.78 is 36.8. The molecule has 3 fully saturated rings. The highest BCUT2D eigenvalue weighted by Crippen LogP contribution is 2.40. The van der Waals surface area contributed by atoms with Crippen LogP contribution in [0, 0.1) is 11.7 Å². The number of nitrogens with one attached hydrogen (secondary N) is 1. The van der Waals surface area contributed by atoms with Gasteiger partial charge in [-0.3, -0.25) is 9.59 Å². The molecule has 2 saturated heterocycles. The Kier molecular flexibility index (Phi) is 5.40. The fraction of sp³-hybridized carbons (Fsp3) is 0.619. The molecule has 0 radical (unpaired) electrons. The predicted molar refractivity (Wildman–Crippen MR) is 106 cm³/mol. The Hall–Kier alpha value is -1.96. The lowest BCUT2D eigenvalue weighted by molar-refractivity contribution is -0.130. The molecule has 1 N–H and O–H groups in total. The molecule has 1 aliphatic carbocycles. The number of likely N-dealkylation sites (tertiary alicyclic amines) is 1. The molecule has 2 atom stereocenters. The molecule has 8 heteroatoms. The minimum absolute atomic E-state index is 0.000751. The van der Waals surface area contributed by atoms with Gasteiger partial charge in [-0.05, 0) is 37.0 Å². The number of carbonyl (C=O) groups is 2. The third kappa shape index (κ3) is 4.17. The second-order valence-corrected chi connectivity index (χ2v) is 10.9. The first kappa shape index (κ1) is 20.3. The molecule has 2 heterocycles. The normalized spacial score (nSPS) is 28.0. The van der Waals surface area contributed by atoms with Gasteiger partial charge in [0.25, 0.3) is 0 Å². The third-order valence-electron chi connectivity index (χ3n) is 6.80. The summed E-state index contributed by atoms with van der Waals surface area (Å²) in [5.41, 5.74) is 0.850. The monoisotopic (exact) mass is 422 g/mol. The molecule has 1 saturated carbocycles. The lowest BCUT2D eigenvalue weighted by Gasteiger charge is -2.30. The molecule has 0 aromatic heterocycles. The SMILES string of the molecule is O=C(NCC1(c2ccc(F)cc2)CCCC1)[C@H]1CC(=O)N([C@@H]2CCS(=O)(=O)C2)C1. The van der Waals surface area contributed by atoms with Gasteiger partial charge in [-0.2, -0.15) is 0 Å². The highest BCUT2D eigenvalue weighted by atomic mass is 32.2. The average molecular weight is 423 g/mol. The summed E-state index contributed by atoms with van der Waals surface area (Å²) in [5.74, 6) is -0.905. The van der Waals surface area contributed by atoms with Gasteiger partial charge in [-0.15, -0.1) is 0 Å². The summed E-state index contributed by atoms with van der Waals surface area (Å²) in [7, 11) is -3.08. The quantitative estimate of drug-likeness (QED) is 0.784. The van der Waals surface area contributed by atoms with Crippen LogP contribution >= 0.6 is 0 Å². The standard InChI is InChI=1S/C21H27FN2O4S/c22-17-5-3-16(4-6-17)21(8-1-2-9-21)14-23-20(26)15-11-19(25)24(12-15)18-7-10-29(27,28)13-18/h3-6,15,18H,1-2,7-14H2,(H,23,26)/t15-,18+/m0/s1. The van der Waals surface area contributed by atoms with E-state index in [-0.39, 0.29) is 53.6 Å². The number of hydrogen-bond donors (Lipinski definition) is 1. The summed E-state index contributed by atoms with van der Waals surface area (Å²) >= 11 is 0. The molecule has 0 unspecified atom stereocenters. The summed E-state index contributed by atoms with van der Waals surface area (Å²) in [6, 6.07) is 6.22. The zero-order chi connectivity index (χ0) is 20.6. The minimum Gasteiger partial charge on any atom is -0.355 e. The number of benzene rings is 1. The van der Waals surface area contributed by atoms with Gasteiger partial charge in [-0.1, -0.05) is 25.0 Å². The number of amides is 2. The Morgan fingerprint density at radius 1 is 1.21 bits per heavy atom. The summed E-state index contributed by atoms with van der Waals surface area (Å²) in [5, 5.41) is 3.04. The van der Waals surface area contributed by atoms with Gasteiger partial charge in [0.1, 0.15) is 5.82 Å². The van der Waals surface area contributed by atoms with Crippen LogP contribution in [0.25, 0.3) is 0 Å². The molecule has 2 aliphatic heterocycles. The Morgan fingerprint density at radius 3 is 2.52 bits per heavy atom. The highest BCUT2D eigenvalue weighted by Gasteiger charge is 2.43. The number of halogens is 1. The molecule has 29 heavy (non-hydrogen) atoms. The third-order valence-corrected chi connectivity index (χ3v) is 8.55. The zero-order valence-electron chi connectivity index (χ0n) is 16.4. The molecule has 0 bridgehead atoms. The van der Waals surface area contributed by atoms with Crippen LogP contribution in [0.3, 0.4) is 0 Å². The Bertz CT molecular complexity index is 894. The van der Waals surface area contributed by atoms with E-state index in [1.54, 1.807) is 17.0 Å². The maximum atomic E-state index is 13.3. The van der Waals surface area contributed by atoms with Crippen molar-refractivity contribution in [1.29, 1.82) is 0 Å². The molecule has 1 aromatic carbocycles. The maximum absolute atomic E-state index is 13.3. The van der Waals surface area contributed by atoms with Crippen LogP contribution in [-0.2, 0) is 24.8 Å². The first-order chi connectivity index (χ1) is 13.8. The highest BCUT2D eigenvalue weighted by molar-refractivity contribution is 7.91. The van der Waals surface area contributed by atoms with Crippen LogP contribution < -0.4 is 5.32 Å². The van der Waals surface area contributed by atoms with Gasteiger partial charge in [0.2, 0.25) is 11.8 Å². The number of carbonyl (C=O) groups excluding carboxylic acids is 2. The van der Waals surface area contributed by atoms with Crippen LogP contribution in [0.15, 0.2) is 24.3 Å². The van der Waals surface area contributed by atoms with Crippen molar-refractivity contribution in [3.63, 3.8) is 0 Å². The van der Waals surface area contributed by atoms with E-state index < -0.39 is 15.8 Å². The maximum Gasteiger partial charge on any atom is 0.225 e. The minimum atomic E-state index is -3.08. The van der Waals surface area contributed by atoms with Gasteiger partial charge in [-0.25, -0.2) is 12.8 Å². The van der Waals surface area contributed by atoms with E-state index >= 15 is 0 Å². The van der Waals surface area contributed by atoms with Crippen molar-refractivity contribution in [2.24, 2.45) is 5.92 Å². The summed E-state index contributed by atoms with van der Waals surface area (Å²) in [4.78, 5) is 26.8. The van der Waals surface area contributed by atoms with E-state index in [0.717, 1.165) is 31.2 Å². The molecule has 0 spiro atoms. The van der Waals surface area contributed by atoms with E-state index in [1.807, 2.05) is 0 Å². The number of rotatable bonds is 5. The van der Waals surface area contributed by atoms with Gasteiger partial charge in [0.05, 0.1) is 17.4 Å². The second-order valence-electron chi connectivity index (χ2n) is 8.72. The fourth-order valence-corrected chi connectivity index (χ4v) is 6.84. The smallest absolute Gasteiger partial charge is 0.225 e. The van der Waals surface area contributed by atoms with Crippen molar-refractivity contribution in [3.8, 4) is 0 Å². The molecular weight excluding hydrogens is 395 g/mol. The van der Waals surface area contributed by atoms with Crippen molar-refractivity contribution in [3.05, 3.63) is 35.6 Å². The lowest BCUT2D eigenvalue weighted by atomic mass is 9.78. The van der Waals surface area contributed by atoms with Crippen molar-refractivity contribution in [2.75, 3.05) is 24.6 Å². The Balaban J connectivity index is 1.39. The largest absolute Gasteiger partial charge is 0.355 e. The van der Waals surface area contributed by atoms with Crippen LogP contribution in [0.2, 0.25) is 0 Å². The van der Waals surface area contributed by atoms with Crippen molar-refractivity contribution in [2.45, 2.75) is 50.0 Å². The predicted octanol–water partition coefficient (Wildman–Crippen LogP) is 1.79. The summed E-state index contributed by atoms with van der Waals surface area (Å²) in [6.45, 7) is 0.758. The van der Waals surface area contributed by atoms with Crippen LogP contribution in [0.5, 0.6) is 0 Å². The fourth-order valence-electron chi connectivity index (χ4n) is 5.10. The Morgan fingerprint density at radius 2 is 1.90 bits per heavy atom. The Labute approximate surface area is 170 Å². The molecule has 158 valence electrons. The van der Waals surface area contributed by atoms with E-state index in [0.29, 0.717) is 13.0 Å². The van der Waals surface area contributed by atoms with E-state index in [4.69, 9.17) is 0 Å². The number of nitrogens with zero attached hydrogens (tertiary/aromatic N) is 1. The van der Waals surface area contributed by atoms with E-state index in [9.17, 15) is 22.4 Å². The zero-order valence-corrected chi connectivity index (χ0v) is 17.2. The lowest BCUT2D eigenvalue weighted by Crippen LogP contribution is -2.43.